The van der Waals surface area contributed by atoms with Crippen molar-refractivity contribution < 1.29 is 4.79 Å². The number of hydrogen-bond acceptors (Lipinski definition) is 3. The summed E-state index contributed by atoms with van der Waals surface area (Å²) in [7, 11) is 0. The summed E-state index contributed by atoms with van der Waals surface area (Å²) in [5, 5.41) is 3.60. The van der Waals surface area contributed by atoms with Crippen molar-refractivity contribution in [3.05, 3.63) is 29.0 Å². The van der Waals surface area contributed by atoms with Crippen LogP contribution in [-0.2, 0) is 6.54 Å². The van der Waals surface area contributed by atoms with E-state index in [2.05, 4.69) is 15.2 Å². The second-order valence-corrected chi connectivity index (χ2v) is 5.17. The van der Waals surface area contributed by atoms with Crippen LogP contribution in [0.3, 0.4) is 0 Å². The number of aromatic nitrogens is 1. The SMILES string of the molecule is O=C1NCC2CN(Cc3cc(Cl)ccn3)CCN12. The molecule has 0 bridgehead atoms. The summed E-state index contributed by atoms with van der Waals surface area (Å²) in [4.78, 5) is 20.0. The minimum Gasteiger partial charge on any atom is -0.336 e. The molecule has 0 aromatic carbocycles. The highest BCUT2D eigenvalue weighted by Crippen LogP contribution is 2.16. The van der Waals surface area contributed by atoms with E-state index in [-0.39, 0.29) is 6.03 Å². The number of halogens is 1. The molecule has 1 aromatic rings. The summed E-state index contributed by atoms with van der Waals surface area (Å²) in [5.74, 6) is 0. The number of carbonyl (C=O) groups is 1. The van der Waals surface area contributed by atoms with Crippen molar-refractivity contribution >= 4 is 17.6 Å². The molecule has 0 radical (unpaired) electrons. The van der Waals surface area contributed by atoms with Crippen LogP contribution in [0.4, 0.5) is 4.79 Å². The van der Waals surface area contributed by atoms with E-state index in [0.717, 1.165) is 43.4 Å². The van der Waals surface area contributed by atoms with Gasteiger partial charge in [0.05, 0.1) is 11.7 Å². The first kappa shape index (κ1) is 11.7. The van der Waals surface area contributed by atoms with Gasteiger partial charge in [0.25, 0.3) is 0 Å². The quantitative estimate of drug-likeness (QED) is 0.867. The highest BCUT2D eigenvalue weighted by molar-refractivity contribution is 6.30. The minimum atomic E-state index is 0.0699. The first-order valence-electron chi connectivity index (χ1n) is 6.09. The van der Waals surface area contributed by atoms with E-state index in [1.807, 2.05) is 11.0 Å². The number of carbonyl (C=O) groups excluding carboxylic acids is 1. The second-order valence-electron chi connectivity index (χ2n) is 4.73. The lowest BCUT2D eigenvalue weighted by atomic mass is 10.2. The molecular formula is C12H15ClN4O. The Balaban J connectivity index is 1.64. The molecule has 2 saturated heterocycles. The van der Waals surface area contributed by atoms with Crippen molar-refractivity contribution in [2.75, 3.05) is 26.2 Å². The van der Waals surface area contributed by atoms with E-state index in [0.29, 0.717) is 6.04 Å². The molecule has 18 heavy (non-hydrogen) atoms. The van der Waals surface area contributed by atoms with E-state index in [9.17, 15) is 4.79 Å². The molecule has 1 atom stereocenters. The Morgan fingerprint density at radius 2 is 2.39 bits per heavy atom. The van der Waals surface area contributed by atoms with Crippen LogP contribution in [-0.4, -0.2) is 53.0 Å². The molecule has 0 saturated carbocycles. The van der Waals surface area contributed by atoms with Gasteiger partial charge in [0, 0.05) is 43.9 Å². The zero-order valence-corrected chi connectivity index (χ0v) is 10.7. The number of hydrogen-bond donors (Lipinski definition) is 1. The Morgan fingerprint density at radius 3 is 3.22 bits per heavy atom. The lowest BCUT2D eigenvalue weighted by Gasteiger charge is -2.36. The maximum Gasteiger partial charge on any atom is 0.317 e. The smallest absolute Gasteiger partial charge is 0.317 e. The average Bonchev–Trinajstić information content (AvgIpc) is 2.71. The fraction of sp³-hybridized carbons (Fsp3) is 0.500. The lowest BCUT2D eigenvalue weighted by Crippen LogP contribution is -2.51. The van der Waals surface area contributed by atoms with Gasteiger partial charge in [-0.15, -0.1) is 0 Å². The van der Waals surface area contributed by atoms with Gasteiger partial charge in [0.1, 0.15) is 0 Å². The number of nitrogens with zero attached hydrogens (tertiary/aromatic N) is 3. The van der Waals surface area contributed by atoms with Crippen molar-refractivity contribution in [2.45, 2.75) is 12.6 Å². The molecule has 1 aromatic heterocycles. The molecule has 2 fully saturated rings. The molecule has 6 heteroatoms. The van der Waals surface area contributed by atoms with Crippen LogP contribution in [0, 0.1) is 0 Å². The molecule has 3 heterocycles. The van der Waals surface area contributed by atoms with Crippen LogP contribution >= 0.6 is 11.6 Å². The molecule has 96 valence electrons. The van der Waals surface area contributed by atoms with Gasteiger partial charge < -0.3 is 10.2 Å². The van der Waals surface area contributed by atoms with Crippen molar-refractivity contribution in [2.24, 2.45) is 0 Å². The number of urea groups is 1. The first-order valence-corrected chi connectivity index (χ1v) is 6.47. The molecule has 0 spiro atoms. The van der Waals surface area contributed by atoms with Crippen molar-refractivity contribution in [3.8, 4) is 0 Å². The van der Waals surface area contributed by atoms with Crippen LogP contribution in [0.5, 0.6) is 0 Å². The van der Waals surface area contributed by atoms with E-state index in [4.69, 9.17) is 11.6 Å². The fourth-order valence-electron chi connectivity index (χ4n) is 2.58. The topological polar surface area (TPSA) is 48.5 Å². The summed E-state index contributed by atoms with van der Waals surface area (Å²) in [6, 6.07) is 4.04. The normalized spacial score (nSPS) is 23.9. The zero-order valence-electron chi connectivity index (χ0n) is 9.97. The van der Waals surface area contributed by atoms with E-state index < -0.39 is 0 Å². The molecule has 0 aliphatic carbocycles. The van der Waals surface area contributed by atoms with E-state index in [1.54, 1.807) is 12.3 Å². The Bertz CT molecular complexity index is 467. The van der Waals surface area contributed by atoms with Gasteiger partial charge in [-0.3, -0.25) is 9.88 Å². The molecular weight excluding hydrogens is 252 g/mol. The van der Waals surface area contributed by atoms with Gasteiger partial charge in [-0.05, 0) is 12.1 Å². The third kappa shape index (κ3) is 2.28. The number of nitrogens with one attached hydrogen (secondary N) is 1. The Labute approximate surface area is 111 Å². The molecule has 2 amide bonds. The number of rotatable bonds is 2. The molecule has 2 aliphatic heterocycles. The van der Waals surface area contributed by atoms with Gasteiger partial charge in [0.15, 0.2) is 0 Å². The van der Waals surface area contributed by atoms with Crippen molar-refractivity contribution in [1.29, 1.82) is 0 Å². The highest BCUT2D eigenvalue weighted by atomic mass is 35.5. The lowest BCUT2D eigenvalue weighted by molar-refractivity contribution is 0.116. The third-order valence-corrected chi connectivity index (χ3v) is 3.72. The Morgan fingerprint density at radius 1 is 1.50 bits per heavy atom. The molecule has 3 rings (SSSR count). The average molecular weight is 267 g/mol. The Kier molecular flexibility index (Phi) is 3.09. The summed E-state index contributed by atoms with van der Waals surface area (Å²) in [6.07, 6.45) is 1.73. The van der Waals surface area contributed by atoms with Gasteiger partial charge >= 0.3 is 6.03 Å². The third-order valence-electron chi connectivity index (χ3n) is 3.48. The number of pyridine rings is 1. The van der Waals surface area contributed by atoms with Crippen LogP contribution < -0.4 is 5.32 Å². The molecule has 5 nitrogen and oxygen atoms in total. The van der Waals surface area contributed by atoms with Crippen molar-refractivity contribution in [1.82, 2.24) is 20.1 Å². The molecule has 2 aliphatic rings. The first-order chi connectivity index (χ1) is 8.72. The second kappa shape index (κ2) is 4.74. The fourth-order valence-corrected chi connectivity index (χ4v) is 2.76. The summed E-state index contributed by atoms with van der Waals surface area (Å²) in [5.41, 5.74) is 0.980. The molecule has 1 N–H and O–H groups in total. The maximum absolute atomic E-state index is 11.5. The predicted octanol–water partition coefficient (Wildman–Crippen LogP) is 0.944. The largest absolute Gasteiger partial charge is 0.336 e. The van der Waals surface area contributed by atoms with Crippen LogP contribution in [0.15, 0.2) is 18.3 Å². The van der Waals surface area contributed by atoms with Crippen LogP contribution in [0.2, 0.25) is 5.02 Å². The van der Waals surface area contributed by atoms with Gasteiger partial charge in [0.2, 0.25) is 0 Å². The summed E-state index contributed by atoms with van der Waals surface area (Å²) in [6.45, 7) is 4.11. The van der Waals surface area contributed by atoms with Crippen LogP contribution in [0.25, 0.3) is 0 Å². The minimum absolute atomic E-state index is 0.0699. The zero-order chi connectivity index (χ0) is 12.5. The maximum atomic E-state index is 11.5. The van der Waals surface area contributed by atoms with Crippen LogP contribution in [0.1, 0.15) is 5.69 Å². The monoisotopic (exact) mass is 266 g/mol. The predicted molar refractivity (Wildman–Crippen MR) is 68.4 cm³/mol. The van der Waals surface area contributed by atoms with Gasteiger partial charge in [-0.2, -0.15) is 0 Å². The van der Waals surface area contributed by atoms with E-state index >= 15 is 0 Å². The van der Waals surface area contributed by atoms with Crippen molar-refractivity contribution in [3.63, 3.8) is 0 Å². The van der Waals surface area contributed by atoms with E-state index in [1.165, 1.54) is 0 Å². The number of piperazine rings is 1. The standard InChI is InChI=1S/C12H15ClN4O/c13-9-1-2-14-10(5-9)7-16-3-4-17-11(8-16)6-15-12(17)18/h1-2,5,11H,3-4,6-8H2,(H,15,18). The Hall–Kier alpha value is -1.33. The number of fused-ring (bicyclic) bond motifs is 1. The summed E-state index contributed by atoms with van der Waals surface area (Å²) < 4.78 is 0. The highest BCUT2D eigenvalue weighted by Gasteiger charge is 2.35. The van der Waals surface area contributed by atoms with Gasteiger partial charge in [-0.25, -0.2) is 4.79 Å². The molecule has 1 unspecified atom stereocenters. The van der Waals surface area contributed by atoms with Gasteiger partial charge in [-0.1, -0.05) is 11.6 Å². The number of amides is 2. The summed E-state index contributed by atoms with van der Waals surface area (Å²) >= 11 is 5.95.